The molecule has 1 saturated heterocycles. The van der Waals surface area contributed by atoms with Gasteiger partial charge < -0.3 is 14.4 Å². The lowest BCUT2D eigenvalue weighted by molar-refractivity contribution is -0.279. The van der Waals surface area contributed by atoms with Gasteiger partial charge in [0.05, 0.1) is 18.2 Å². The van der Waals surface area contributed by atoms with E-state index in [1.54, 1.807) is 0 Å². The lowest BCUT2D eigenvalue weighted by Gasteiger charge is -2.52. The minimum atomic E-state index is -1.44. The van der Waals surface area contributed by atoms with Crippen molar-refractivity contribution in [2.24, 2.45) is 10.3 Å². The molecule has 5 aromatic rings. The molecule has 0 unspecified atom stereocenters. The van der Waals surface area contributed by atoms with E-state index in [1.165, 1.54) is 16.7 Å². The molecule has 0 bridgehead atoms. The molecule has 3 aliphatic rings. The molecule has 0 aliphatic carbocycles. The van der Waals surface area contributed by atoms with Crippen LogP contribution in [0.5, 0.6) is 0 Å². The molecule has 0 N–H and O–H groups in total. The smallest absolute Gasteiger partial charge is 0.346 e. The van der Waals surface area contributed by atoms with Gasteiger partial charge in [-0.05, 0) is 60.8 Å². The van der Waals surface area contributed by atoms with E-state index in [2.05, 4.69) is 128 Å². The maximum Gasteiger partial charge on any atom is 0.346 e. The Morgan fingerprint density at radius 2 is 1.29 bits per heavy atom. The van der Waals surface area contributed by atoms with Crippen molar-refractivity contribution in [2.45, 2.75) is 44.1 Å². The van der Waals surface area contributed by atoms with Crippen LogP contribution >= 0.6 is 0 Å². The normalized spacial score (nSPS) is 24.6. The zero-order valence-corrected chi connectivity index (χ0v) is 28.0. The monoisotopic (exact) mass is 645 g/mol. The Morgan fingerprint density at radius 1 is 0.694 bits per heavy atom. The molecule has 244 valence electrons. The van der Waals surface area contributed by atoms with Crippen LogP contribution in [0, 0.1) is 13.8 Å². The fourth-order valence-corrected chi connectivity index (χ4v) is 7.38. The van der Waals surface area contributed by atoms with Crippen molar-refractivity contribution >= 4 is 17.7 Å². The molecule has 5 aromatic carbocycles. The predicted molar refractivity (Wildman–Crippen MR) is 194 cm³/mol. The van der Waals surface area contributed by atoms with Gasteiger partial charge in [-0.2, -0.15) is 0 Å². The number of nitrogens with zero attached hydrogens (tertiary/aromatic N) is 3. The molecule has 0 aromatic heterocycles. The number of benzene rings is 5. The van der Waals surface area contributed by atoms with Gasteiger partial charge in [-0.15, -0.1) is 0 Å². The SMILES string of the molecule is Cc1ccc(/C=C2\CN([C@H](C)c3ccccc3)C[C@@]3(ON=C(c4ccccc4)[C@@H]3c3ccc(C)cc3)[C@]23ON=C(c2ccccc2)O3)cc1. The van der Waals surface area contributed by atoms with Crippen LogP contribution in [-0.4, -0.2) is 41.0 Å². The Morgan fingerprint density at radius 3 is 1.94 bits per heavy atom. The summed E-state index contributed by atoms with van der Waals surface area (Å²) in [5.41, 5.74) is 8.06. The third kappa shape index (κ3) is 5.42. The summed E-state index contributed by atoms with van der Waals surface area (Å²) in [6, 6.07) is 48.0. The standard InChI is InChI=1S/C43H39N3O3/c1-30-19-23-33(24-20-30)27-38-28-46(32(3)34-13-7-4-8-14-34)29-42(43(38)47-41(45-49-43)37-17-11-6-12-18-37)39(35-25-21-31(2)22-26-35)40(44-48-42)36-15-9-5-10-16-36/h4-27,32,39H,28-29H2,1-3H3/b38-27+/t32-,39+,42+,43-/m1/s1. The first-order valence-electron chi connectivity index (χ1n) is 16.9. The van der Waals surface area contributed by atoms with Gasteiger partial charge in [-0.1, -0.05) is 144 Å². The van der Waals surface area contributed by atoms with Crippen molar-refractivity contribution in [1.29, 1.82) is 0 Å². The molecular weight excluding hydrogens is 606 g/mol. The molecule has 6 heteroatoms. The molecule has 4 atom stereocenters. The highest BCUT2D eigenvalue weighted by atomic mass is 16.8. The number of aryl methyl sites for hydroxylation is 2. The second kappa shape index (κ2) is 12.5. The van der Waals surface area contributed by atoms with Crippen molar-refractivity contribution < 1.29 is 14.4 Å². The van der Waals surface area contributed by atoms with Crippen LogP contribution in [0.3, 0.4) is 0 Å². The van der Waals surface area contributed by atoms with E-state index in [-0.39, 0.29) is 12.0 Å². The van der Waals surface area contributed by atoms with E-state index in [0.717, 1.165) is 33.5 Å². The molecule has 2 spiro atoms. The molecule has 0 amide bonds. The molecule has 8 rings (SSSR count). The third-order valence-corrected chi connectivity index (χ3v) is 10.1. The first-order valence-corrected chi connectivity index (χ1v) is 16.9. The van der Waals surface area contributed by atoms with E-state index in [9.17, 15) is 0 Å². The average molecular weight is 646 g/mol. The Kier molecular flexibility index (Phi) is 7.89. The van der Waals surface area contributed by atoms with Gasteiger partial charge >= 0.3 is 5.79 Å². The molecule has 3 heterocycles. The summed E-state index contributed by atoms with van der Waals surface area (Å²) in [6.45, 7) is 7.48. The van der Waals surface area contributed by atoms with Crippen molar-refractivity contribution in [3.63, 3.8) is 0 Å². The summed E-state index contributed by atoms with van der Waals surface area (Å²) in [5.74, 6) is -1.39. The number of hydrogen-bond donors (Lipinski definition) is 0. The lowest BCUT2D eigenvalue weighted by atomic mass is 9.68. The first-order chi connectivity index (χ1) is 24.0. The van der Waals surface area contributed by atoms with E-state index in [0.29, 0.717) is 19.0 Å². The number of likely N-dealkylation sites (tertiary alicyclic amines) is 1. The maximum atomic E-state index is 7.15. The Balaban J connectivity index is 1.36. The van der Waals surface area contributed by atoms with Gasteiger partial charge in [0.2, 0.25) is 5.60 Å². The topological polar surface area (TPSA) is 55.7 Å². The summed E-state index contributed by atoms with van der Waals surface area (Å²) in [6.07, 6.45) is 2.19. The highest BCUT2D eigenvalue weighted by Crippen LogP contribution is 2.57. The summed E-state index contributed by atoms with van der Waals surface area (Å²) >= 11 is 0. The van der Waals surface area contributed by atoms with Crippen LogP contribution in [0.25, 0.3) is 6.08 Å². The Hall–Kier alpha value is -5.46. The number of rotatable bonds is 6. The second-order valence-corrected chi connectivity index (χ2v) is 13.3. The fraction of sp³-hybridized carbons (Fsp3) is 0.209. The van der Waals surface area contributed by atoms with Gasteiger partial charge in [-0.3, -0.25) is 4.90 Å². The fourth-order valence-electron chi connectivity index (χ4n) is 7.38. The number of ether oxygens (including phenoxy) is 1. The third-order valence-electron chi connectivity index (χ3n) is 10.1. The molecule has 3 aliphatic heterocycles. The second-order valence-electron chi connectivity index (χ2n) is 13.3. The summed E-state index contributed by atoms with van der Waals surface area (Å²) in [4.78, 5) is 16.2. The summed E-state index contributed by atoms with van der Waals surface area (Å²) in [5, 5.41) is 9.63. The van der Waals surface area contributed by atoms with Crippen LogP contribution in [0.4, 0.5) is 0 Å². The Bertz CT molecular complexity index is 2030. The lowest BCUT2D eigenvalue weighted by Crippen LogP contribution is -2.69. The van der Waals surface area contributed by atoms with Crippen LogP contribution in [0.15, 0.2) is 155 Å². The highest BCUT2D eigenvalue weighted by molar-refractivity contribution is 6.07. The maximum absolute atomic E-state index is 7.15. The molecule has 0 saturated carbocycles. The van der Waals surface area contributed by atoms with Crippen LogP contribution in [0.2, 0.25) is 0 Å². The molecule has 49 heavy (non-hydrogen) atoms. The van der Waals surface area contributed by atoms with E-state index in [4.69, 9.17) is 19.6 Å². The van der Waals surface area contributed by atoms with E-state index in [1.807, 2.05) is 48.5 Å². The summed E-state index contributed by atoms with van der Waals surface area (Å²) in [7, 11) is 0. The average Bonchev–Trinajstić information content (AvgIpc) is 3.77. The van der Waals surface area contributed by atoms with Crippen LogP contribution < -0.4 is 0 Å². The predicted octanol–water partition coefficient (Wildman–Crippen LogP) is 8.83. The number of oxime groups is 2. The molecular formula is C43H39N3O3. The Labute approximate surface area is 287 Å². The van der Waals surface area contributed by atoms with Gasteiger partial charge in [0.1, 0.15) is 0 Å². The molecule has 1 fully saturated rings. The highest BCUT2D eigenvalue weighted by Gasteiger charge is 2.74. The zero-order valence-electron chi connectivity index (χ0n) is 28.0. The van der Waals surface area contributed by atoms with Crippen molar-refractivity contribution in [3.05, 3.63) is 184 Å². The number of hydrogen-bond acceptors (Lipinski definition) is 6. The van der Waals surface area contributed by atoms with Gasteiger partial charge in [0.15, 0.2) is 0 Å². The van der Waals surface area contributed by atoms with E-state index < -0.39 is 11.4 Å². The summed E-state index contributed by atoms with van der Waals surface area (Å²) < 4.78 is 7.15. The largest absolute Gasteiger partial charge is 0.422 e. The molecule has 6 nitrogen and oxygen atoms in total. The van der Waals surface area contributed by atoms with E-state index >= 15 is 0 Å². The first kappa shape index (κ1) is 30.8. The number of piperidine rings is 1. The van der Waals surface area contributed by atoms with Gasteiger partial charge in [0, 0.05) is 29.3 Å². The minimum Gasteiger partial charge on any atom is -0.422 e. The van der Waals surface area contributed by atoms with Crippen LogP contribution in [-0.2, 0) is 14.4 Å². The number of fused-ring (bicyclic) bond motifs is 1. The van der Waals surface area contributed by atoms with Crippen molar-refractivity contribution in [3.8, 4) is 0 Å². The minimum absolute atomic E-state index is 0.0517. The van der Waals surface area contributed by atoms with Crippen molar-refractivity contribution in [1.82, 2.24) is 4.90 Å². The molecule has 0 radical (unpaired) electrons. The van der Waals surface area contributed by atoms with Crippen molar-refractivity contribution in [2.75, 3.05) is 13.1 Å². The van der Waals surface area contributed by atoms with Crippen LogP contribution in [0.1, 0.15) is 57.8 Å². The van der Waals surface area contributed by atoms with Gasteiger partial charge in [-0.25, -0.2) is 0 Å². The zero-order chi connectivity index (χ0) is 33.4. The van der Waals surface area contributed by atoms with Gasteiger partial charge in [0.25, 0.3) is 5.90 Å². The quantitative estimate of drug-likeness (QED) is 0.185.